The Hall–Kier alpha value is -1.16. The van der Waals surface area contributed by atoms with E-state index in [4.69, 9.17) is 11.6 Å². The topological polar surface area (TPSA) is 26.3 Å². The van der Waals surface area contributed by atoms with E-state index < -0.39 is 6.61 Å². The van der Waals surface area contributed by atoms with Gasteiger partial charge in [-0.3, -0.25) is 4.79 Å². The number of rotatable bonds is 3. The van der Waals surface area contributed by atoms with Gasteiger partial charge in [-0.25, -0.2) is 0 Å². The van der Waals surface area contributed by atoms with Crippen LogP contribution in [0, 0.1) is 6.92 Å². The lowest BCUT2D eigenvalue weighted by molar-refractivity contribution is -0.0505. The van der Waals surface area contributed by atoms with Crippen LogP contribution < -0.4 is 4.74 Å². The minimum absolute atomic E-state index is 0.0234. The number of hydrogen-bond acceptors (Lipinski definition) is 2. The van der Waals surface area contributed by atoms with Crippen molar-refractivity contribution in [3.63, 3.8) is 0 Å². The van der Waals surface area contributed by atoms with Crippen LogP contribution in [0.1, 0.15) is 15.9 Å². The van der Waals surface area contributed by atoms with E-state index in [1.807, 2.05) is 0 Å². The predicted octanol–water partition coefficient (Wildman–Crippen LogP) is 3.06. The van der Waals surface area contributed by atoms with Crippen molar-refractivity contribution < 1.29 is 18.3 Å². The maximum Gasteiger partial charge on any atom is 0.387 e. The van der Waals surface area contributed by atoms with E-state index in [1.54, 1.807) is 0 Å². The summed E-state index contributed by atoms with van der Waals surface area (Å²) in [6, 6.07) is 2.73. The van der Waals surface area contributed by atoms with Gasteiger partial charge in [-0.15, -0.1) is 0 Å². The monoisotopic (exact) mass is 220 g/mol. The lowest BCUT2D eigenvalue weighted by Crippen LogP contribution is -2.05. The molecule has 14 heavy (non-hydrogen) atoms. The molecule has 0 radical (unpaired) electrons. The molecule has 5 heteroatoms. The highest BCUT2D eigenvalue weighted by atomic mass is 35.5. The van der Waals surface area contributed by atoms with Crippen molar-refractivity contribution in [2.45, 2.75) is 13.5 Å². The molecule has 0 aliphatic carbocycles. The van der Waals surface area contributed by atoms with Crippen molar-refractivity contribution >= 4 is 17.9 Å². The van der Waals surface area contributed by atoms with Gasteiger partial charge in [-0.05, 0) is 24.6 Å². The Morgan fingerprint density at radius 3 is 2.64 bits per heavy atom. The second kappa shape index (κ2) is 4.37. The molecule has 0 unspecified atom stereocenters. The van der Waals surface area contributed by atoms with E-state index >= 15 is 0 Å². The van der Waals surface area contributed by atoms with Crippen LogP contribution in [0.25, 0.3) is 0 Å². The third kappa shape index (κ3) is 2.42. The molecule has 0 amide bonds. The van der Waals surface area contributed by atoms with Crippen molar-refractivity contribution in [1.82, 2.24) is 0 Å². The number of carbonyl (C=O) groups excluding carboxylic acids is 1. The molecule has 0 aliphatic rings. The van der Waals surface area contributed by atoms with Crippen LogP contribution in [-0.4, -0.2) is 12.9 Å². The lowest BCUT2D eigenvalue weighted by atomic mass is 10.1. The van der Waals surface area contributed by atoms with E-state index in [9.17, 15) is 13.6 Å². The molecule has 0 fully saturated rings. The van der Waals surface area contributed by atoms with Crippen molar-refractivity contribution in [3.8, 4) is 5.75 Å². The summed E-state index contributed by atoms with van der Waals surface area (Å²) in [7, 11) is 0. The number of aryl methyl sites for hydroxylation is 1. The number of ether oxygens (including phenoxy) is 1. The zero-order valence-corrected chi connectivity index (χ0v) is 8.02. The highest BCUT2D eigenvalue weighted by Gasteiger charge is 2.12. The molecule has 1 aromatic rings. The SMILES string of the molecule is Cc1cc(Cl)cc(C=O)c1OC(F)F. The van der Waals surface area contributed by atoms with Crippen molar-refractivity contribution in [2.75, 3.05) is 0 Å². The minimum Gasteiger partial charge on any atom is -0.434 e. The van der Waals surface area contributed by atoms with Crippen LogP contribution in [0.3, 0.4) is 0 Å². The Bertz CT molecular complexity index is 353. The summed E-state index contributed by atoms with van der Waals surface area (Å²) in [5.74, 6) is -0.126. The van der Waals surface area contributed by atoms with Crippen molar-refractivity contribution in [1.29, 1.82) is 0 Å². The van der Waals surface area contributed by atoms with Crippen LogP contribution in [0.15, 0.2) is 12.1 Å². The summed E-state index contributed by atoms with van der Waals surface area (Å²) in [5, 5.41) is 0.311. The van der Waals surface area contributed by atoms with Gasteiger partial charge in [-0.2, -0.15) is 8.78 Å². The molecule has 0 heterocycles. The van der Waals surface area contributed by atoms with Gasteiger partial charge in [0.15, 0.2) is 6.29 Å². The highest BCUT2D eigenvalue weighted by molar-refractivity contribution is 6.31. The predicted molar refractivity (Wildman–Crippen MR) is 48.2 cm³/mol. The lowest BCUT2D eigenvalue weighted by Gasteiger charge is -2.10. The Morgan fingerprint density at radius 1 is 1.50 bits per heavy atom. The molecule has 0 aromatic heterocycles. The van der Waals surface area contributed by atoms with Gasteiger partial charge in [0.2, 0.25) is 0 Å². The van der Waals surface area contributed by atoms with Crippen LogP contribution in [0.5, 0.6) is 5.75 Å². The first-order valence-corrected chi connectivity index (χ1v) is 4.12. The van der Waals surface area contributed by atoms with Crippen LogP contribution in [-0.2, 0) is 0 Å². The molecule has 0 aliphatic heterocycles. The maximum atomic E-state index is 11.9. The second-order valence-electron chi connectivity index (χ2n) is 2.64. The Morgan fingerprint density at radius 2 is 2.14 bits per heavy atom. The molecular formula is C9H7ClF2O2. The van der Waals surface area contributed by atoms with Crippen molar-refractivity contribution in [3.05, 3.63) is 28.3 Å². The molecule has 1 rings (SSSR count). The second-order valence-corrected chi connectivity index (χ2v) is 3.07. The number of alkyl halides is 2. The highest BCUT2D eigenvalue weighted by Crippen LogP contribution is 2.27. The Balaban J connectivity index is 3.18. The average molecular weight is 221 g/mol. The molecule has 2 nitrogen and oxygen atoms in total. The van der Waals surface area contributed by atoms with Crippen LogP contribution in [0.2, 0.25) is 5.02 Å². The summed E-state index contributed by atoms with van der Waals surface area (Å²) >= 11 is 5.64. The molecule has 1 aromatic carbocycles. The van der Waals surface area contributed by atoms with Gasteiger partial charge in [0.1, 0.15) is 5.75 Å². The normalized spacial score (nSPS) is 10.4. The fourth-order valence-electron chi connectivity index (χ4n) is 1.09. The standard InChI is InChI=1S/C9H7ClF2O2/c1-5-2-7(10)3-6(4-13)8(5)14-9(11)12/h2-4,9H,1H3. The number of carbonyl (C=O) groups is 1. The van der Waals surface area contributed by atoms with Gasteiger partial charge >= 0.3 is 6.61 Å². The molecule has 0 saturated carbocycles. The molecule has 0 N–H and O–H groups in total. The van der Waals surface area contributed by atoms with Gasteiger partial charge < -0.3 is 4.74 Å². The fourth-order valence-corrected chi connectivity index (χ4v) is 1.37. The summed E-state index contributed by atoms with van der Waals surface area (Å²) < 4.78 is 28.1. The Kier molecular flexibility index (Phi) is 3.41. The van der Waals surface area contributed by atoms with Gasteiger partial charge in [0, 0.05) is 5.02 Å². The third-order valence-electron chi connectivity index (χ3n) is 1.60. The quantitative estimate of drug-likeness (QED) is 0.732. The Labute approximate surface area is 84.4 Å². The van der Waals surface area contributed by atoms with Gasteiger partial charge in [-0.1, -0.05) is 11.6 Å². The molecule has 0 saturated heterocycles. The first-order chi connectivity index (χ1) is 6.54. The first kappa shape index (κ1) is 10.9. The molecule has 0 bridgehead atoms. The number of aldehydes is 1. The van der Waals surface area contributed by atoms with Crippen LogP contribution >= 0.6 is 11.6 Å². The van der Waals surface area contributed by atoms with E-state index in [0.717, 1.165) is 0 Å². The zero-order chi connectivity index (χ0) is 10.7. The summed E-state index contributed by atoms with van der Waals surface area (Å²) in [5.41, 5.74) is 0.426. The molecule has 0 atom stereocenters. The zero-order valence-electron chi connectivity index (χ0n) is 7.26. The van der Waals surface area contributed by atoms with Crippen molar-refractivity contribution in [2.24, 2.45) is 0 Å². The van der Waals surface area contributed by atoms with Crippen LogP contribution in [0.4, 0.5) is 8.78 Å². The fraction of sp³-hybridized carbons (Fsp3) is 0.222. The summed E-state index contributed by atoms with van der Waals surface area (Å²) in [6.45, 7) is -1.41. The third-order valence-corrected chi connectivity index (χ3v) is 1.82. The van der Waals surface area contributed by atoms with Gasteiger partial charge in [0.05, 0.1) is 5.56 Å². The van der Waals surface area contributed by atoms with E-state index in [2.05, 4.69) is 4.74 Å². The van der Waals surface area contributed by atoms with E-state index in [1.165, 1.54) is 19.1 Å². The first-order valence-electron chi connectivity index (χ1n) is 3.74. The summed E-state index contributed by atoms with van der Waals surface area (Å²) in [4.78, 5) is 10.5. The minimum atomic E-state index is -2.95. The molecule has 0 spiro atoms. The van der Waals surface area contributed by atoms with E-state index in [0.29, 0.717) is 16.9 Å². The number of benzene rings is 1. The smallest absolute Gasteiger partial charge is 0.387 e. The number of hydrogen-bond donors (Lipinski definition) is 0. The number of halogens is 3. The maximum absolute atomic E-state index is 11.9. The van der Waals surface area contributed by atoms with Gasteiger partial charge in [0.25, 0.3) is 0 Å². The largest absolute Gasteiger partial charge is 0.434 e. The van der Waals surface area contributed by atoms with E-state index in [-0.39, 0.29) is 11.3 Å². The summed E-state index contributed by atoms with van der Waals surface area (Å²) in [6.07, 6.45) is 0.427. The average Bonchev–Trinajstić information content (AvgIpc) is 2.08. The molecule has 76 valence electrons. The molecular weight excluding hydrogens is 214 g/mol.